The largest absolute Gasteiger partial charge is 0.496 e. The van der Waals surface area contributed by atoms with E-state index in [-0.39, 0.29) is 38.3 Å². The molecular formula is C38H51N3O8. The number of fused-ring (bicyclic) bond motifs is 2. The van der Waals surface area contributed by atoms with Crippen LogP contribution in [-0.4, -0.2) is 101 Å². The molecule has 2 atom stereocenters. The Balaban J connectivity index is 1.65. The molecule has 266 valence electrons. The van der Waals surface area contributed by atoms with E-state index in [1.165, 1.54) is 0 Å². The number of amides is 3. The third kappa shape index (κ3) is 8.49. The molecule has 2 aromatic rings. The molecule has 49 heavy (non-hydrogen) atoms. The Hall–Kier alpha value is -4.25. The Kier molecular flexibility index (Phi) is 10.5. The summed E-state index contributed by atoms with van der Waals surface area (Å²) in [6.45, 7) is 13.5. The predicted molar refractivity (Wildman–Crippen MR) is 185 cm³/mol. The number of piperazine rings is 1. The molecule has 1 aliphatic carbocycles. The number of rotatable bonds is 9. The predicted octanol–water partition coefficient (Wildman–Crippen LogP) is 5.95. The topological polar surface area (TPSA) is 118 Å². The first-order valence-corrected chi connectivity index (χ1v) is 17.1. The summed E-state index contributed by atoms with van der Waals surface area (Å²) in [4.78, 5) is 47.9. The molecule has 11 heteroatoms. The number of hydrogen-bond acceptors (Lipinski definition) is 8. The van der Waals surface area contributed by atoms with E-state index in [4.69, 9.17) is 18.9 Å². The van der Waals surface area contributed by atoms with Crippen molar-refractivity contribution in [2.45, 2.75) is 104 Å². The van der Waals surface area contributed by atoms with E-state index in [0.29, 0.717) is 24.3 Å². The van der Waals surface area contributed by atoms with Gasteiger partial charge in [-0.15, -0.1) is 0 Å². The lowest BCUT2D eigenvalue weighted by Crippen LogP contribution is -2.66. The lowest BCUT2D eigenvalue weighted by Gasteiger charge is -2.51. The molecule has 2 aliphatic heterocycles. The molecule has 5 rings (SSSR count). The van der Waals surface area contributed by atoms with Crippen LogP contribution in [0, 0.1) is 6.92 Å². The van der Waals surface area contributed by atoms with E-state index in [0.717, 1.165) is 40.9 Å². The molecule has 11 nitrogen and oxygen atoms in total. The van der Waals surface area contributed by atoms with E-state index in [2.05, 4.69) is 0 Å². The zero-order valence-electron chi connectivity index (χ0n) is 30.1. The molecular weight excluding hydrogens is 626 g/mol. The van der Waals surface area contributed by atoms with Gasteiger partial charge in [-0.25, -0.2) is 9.59 Å². The second kappa shape index (κ2) is 14.3. The Bertz CT molecular complexity index is 1590. The highest BCUT2D eigenvalue weighted by Crippen LogP contribution is 2.42. The highest BCUT2D eigenvalue weighted by atomic mass is 16.6. The van der Waals surface area contributed by atoms with E-state index in [1.807, 2.05) is 95.8 Å². The van der Waals surface area contributed by atoms with Crippen LogP contribution in [0.25, 0.3) is 5.57 Å². The van der Waals surface area contributed by atoms with Crippen molar-refractivity contribution in [1.29, 1.82) is 0 Å². The zero-order chi connectivity index (χ0) is 35.7. The van der Waals surface area contributed by atoms with Crippen LogP contribution in [-0.2, 0) is 20.8 Å². The third-order valence-corrected chi connectivity index (χ3v) is 8.89. The molecule has 3 aliphatic rings. The van der Waals surface area contributed by atoms with Gasteiger partial charge in [-0.3, -0.25) is 9.69 Å². The average Bonchev–Trinajstić information content (AvgIpc) is 3.86. The minimum Gasteiger partial charge on any atom is -0.496 e. The van der Waals surface area contributed by atoms with Crippen molar-refractivity contribution in [2.24, 2.45) is 0 Å². The number of benzene rings is 2. The molecule has 1 unspecified atom stereocenters. The fraction of sp³-hybridized carbons (Fsp3) is 0.553. The summed E-state index contributed by atoms with van der Waals surface area (Å²) in [5.74, 6) is 1.12. The SMILES string of the molecule is COc1cccc(CN(C(=O)C2=C(c3cccc(OCCO)c3)CC3CN(C(=O)OC(C)(C)C)C[C@H]2N3C(=O)OC(C)(C)C)C2CC2)c1C. The number of ether oxygens (including phenoxy) is 4. The molecule has 2 aromatic carbocycles. The summed E-state index contributed by atoms with van der Waals surface area (Å²) in [5.41, 5.74) is 2.47. The van der Waals surface area contributed by atoms with Crippen molar-refractivity contribution >= 4 is 23.7 Å². The molecule has 2 bridgehead atoms. The molecule has 1 saturated heterocycles. The maximum atomic E-state index is 15.2. The second-order valence-corrected chi connectivity index (χ2v) is 15.0. The van der Waals surface area contributed by atoms with Gasteiger partial charge in [0.25, 0.3) is 5.91 Å². The summed E-state index contributed by atoms with van der Waals surface area (Å²) in [5, 5.41) is 9.38. The number of carbonyl (C=O) groups is 3. The van der Waals surface area contributed by atoms with Crippen LogP contribution in [0.2, 0.25) is 0 Å². The first kappa shape index (κ1) is 36.0. The maximum Gasteiger partial charge on any atom is 0.411 e. The van der Waals surface area contributed by atoms with Crippen molar-refractivity contribution < 1.29 is 38.4 Å². The summed E-state index contributed by atoms with van der Waals surface area (Å²) >= 11 is 0. The van der Waals surface area contributed by atoms with E-state index in [1.54, 1.807) is 16.9 Å². The number of hydrogen-bond donors (Lipinski definition) is 1. The van der Waals surface area contributed by atoms with Crippen LogP contribution in [0.5, 0.6) is 11.5 Å². The van der Waals surface area contributed by atoms with E-state index in [9.17, 15) is 14.7 Å². The van der Waals surface area contributed by atoms with Crippen molar-refractivity contribution in [2.75, 3.05) is 33.4 Å². The van der Waals surface area contributed by atoms with Gasteiger partial charge in [-0.1, -0.05) is 24.3 Å². The van der Waals surface area contributed by atoms with Crippen molar-refractivity contribution in [1.82, 2.24) is 14.7 Å². The summed E-state index contributed by atoms with van der Waals surface area (Å²) in [6.07, 6.45) is 1.02. The molecule has 0 spiro atoms. The smallest absolute Gasteiger partial charge is 0.411 e. The molecule has 2 fully saturated rings. The van der Waals surface area contributed by atoms with Crippen LogP contribution < -0.4 is 9.47 Å². The number of carbonyl (C=O) groups excluding carboxylic acids is 3. The average molecular weight is 678 g/mol. The monoisotopic (exact) mass is 677 g/mol. The van der Waals surface area contributed by atoms with E-state index < -0.39 is 35.5 Å². The van der Waals surface area contributed by atoms with Crippen LogP contribution >= 0.6 is 0 Å². The van der Waals surface area contributed by atoms with Gasteiger partial charge in [-0.2, -0.15) is 0 Å². The minimum absolute atomic E-state index is 0.0318. The Morgan fingerprint density at radius 2 is 1.61 bits per heavy atom. The first-order chi connectivity index (χ1) is 23.1. The van der Waals surface area contributed by atoms with Crippen LogP contribution in [0.15, 0.2) is 48.0 Å². The molecule has 0 aromatic heterocycles. The lowest BCUT2D eigenvalue weighted by atomic mass is 9.81. The molecule has 3 amide bonds. The maximum absolute atomic E-state index is 15.2. The summed E-state index contributed by atoms with van der Waals surface area (Å²) in [6, 6.07) is 12.1. The Labute approximate surface area is 289 Å². The highest BCUT2D eigenvalue weighted by molar-refractivity contribution is 6.04. The lowest BCUT2D eigenvalue weighted by molar-refractivity contribution is -0.129. The highest BCUT2D eigenvalue weighted by Gasteiger charge is 2.51. The number of aliphatic hydroxyl groups excluding tert-OH is 1. The number of nitrogens with zero attached hydrogens (tertiary/aromatic N) is 3. The van der Waals surface area contributed by atoms with E-state index >= 15 is 4.79 Å². The number of aliphatic hydroxyl groups is 1. The van der Waals surface area contributed by atoms with Gasteiger partial charge in [0.1, 0.15) is 29.3 Å². The van der Waals surface area contributed by atoms with Gasteiger partial charge in [0.2, 0.25) is 0 Å². The fourth-order valence-corrected chi connectivity index (χ4v) is 6.60. The Morgan fingerprint density at radius 3 is 2.24 bits per heavy atom. The van der Waals surface area contributed by atoms with Crippen molar-refractivity contribution in [3.05, 3.63) is 64.7 Å². The van der Waals surface area contributed by atoms with Crippen LogP contribution in [0.1, 0.15) is 77.5 Å². The van der Waals surface area contributed by atoms with Gasteiger partial charge in [0, 0.05) is 31.2 Å². The summed E-state index contributed by atoms with van der Waals surface area (Å²) in [7, 11) is 1.63. The molecule has 1 N–H and O–H groups in total. The quantitative estimate of drug-likeness (QED) is 0.346. The summed E-state index contributed by atoms with van der Waals surface area (Å²) < 4.78 is 23.1. The van der Waals surface area contributed by atoms with Gasteiger partial charge >= 0.3 is 12.2 Å². The minimum atomic E-state index is -0.799. The normalized spacial score (nSPS) is 19.4. The molecule has 0 radical (unpaired) electrons. The van der Waals surface area contributed by atoms with Gasteiger partial charge in [0.15, 0.2) is 0 Å². The molecule has 1 saturated carbocycles. The van der Waals surface area contributed by atoms with Crippen LogP contribution in [0.3, 0.4) is 0 Å². The fourth-order valence-electron chi connectivity index (χ4n) is 6.60. The third-order valence-electron chi connectivity index (χ3n) is 8.89. The first-order valence-electron chi connectivity index (χ1n) is 17.1. The van der Waals surface area contributed by atoms with Gasteiger partial charge < -0.3 is 33.9 Å². The molecule has 2 heterocycles. The van der Waals surface area contributed by atoms with Crippen LogP contribution in [0.4, 0.5) is 9.59 Å². The van der Waals surface area contributed by atoms with Gasteiger partial charge in [0.05, 0.1) is 25.8 Å². The zero-order valence-corrected chi connectivity index (χ0v) is 30.1. The second-order valence-electron chi connectivity index (χ2n) is 15.0. The van der Waals surface area contributed by atoms with Gasteiger partial charge in [-0.05, 0) is 108 Å². The Morgan fingerprint density at radius 1 is 0.939 bits per heavy atom. The standard InChI is InChI=1S/C38H51N3O8/c1-24-26(12-10-14-32(24)46-8)21-40(27-15-16-27)34(43)33-30(25-11-9-13-29(19-25)47-18-17-42)20-28-22-39(35(44)48-37(2,3)4)23-31(33)41(28)36(45)49-38(5,6)7/h9-14,19,27-28,31,42H,15-18,20-23H2,1-8H3/t28?,31-/m1/s1. The van der Waals surface area contributed by atoms with Crippen molar-refractivity contribution in [3.63, 3.8) is 0 Å². The van der Waals surface area contributed by atoms with Crippen molar-refractivity contribution in [3.8, 4) is 11.5 Å². The number of methoxy groups -OCH3 is 1.